The third kappa shape index (κ3) is 4.51. The molecule has 0 saturated heterocycles. The summed E-state index contributed by atoms with van der Waals surface area (Å²) in [6, 6.07) is 7.63. The molecule has 1 heterocycles. The topological polar surface area (TPSA) is 60.3 Å². The molecule has 0 fully saturated rings. The quantitative estimate of drug-likeness (QED) is 0.510. The summed E-state index contributed by atoms with van der Waals surface area (Å²) in [4.78, 5) is 14.0. The zero-order valence-corrected chi connectivity index (χ0v) is 15.3. The van der Waals surface area contributed by atoms with E-state index in [9.17, 15) is 4.79 Å². The van der Waals surface area contributed by atoms with Crippen molar-refractivity contribution in [3.63, 3.8) is 0 Å². The highest BCUT2D eigenvalue weighted by Crippen LogP contribution is 2.29. The maximum atomic E-state index is 12.3. The van der Waals surface area contributed by atoms with E-state index in [-0.39, 0.29) is 11.7 Å². The van der Waals surface area contributed by atoms with Crippen LogP contribution in [0.4, 0.5) is 0 Å². The van der Waals surface area contributed by atoms with Crippen molar-refractivity contribution in [1.82, 2.24) is 19.7 Å². The van der Waals surface area contributed by atoms with Crippen LogP contribution in [0.2, 0.25) is 0 Å². The molecule has 132 valence electrons. The molecule has 0 aliphatic rings. The Balaban J connectivity index is 2.12. The van der Waals surface area contributed by atoms with Crippen LogP contribution < -0.4 is 4.74 Å². The van der Waals surface area contributed by atoms with Crippen LogP contribution >= 0.6 is 11.8 Å². The first-order chi connectivity index (χ1) is 12.1. The van der Waals surface area contributed by atoms with Gasteiger partial charge < -0.3 is 14.2 Å². The number of aromatic nitrogens is 3. The molecule has 7 heteroatoms. The lowest BCUT2D eigenvalue weighted by Crippen LogP contribution is -2.32. The summed E-state index contributed by atoms with van der Waals surface area (Å²) in [6.45, 7) is 8.35. The molecule has 0 spiro atoms. The van der Waals surface area contributed by atoms with Gasteiger partial charge in [0.25, 0.3) is 0 Å². The van der Waals surface area contributed by atoms with Crippen molar-refractivity contribution >= 4 is 17.7 Å². The van der Waals surface area contributed by atoms with Gasteiger partial charge in [0.2, 0.25) is 5.91 Å². The Bertz CT molecular complexity index is 747. The summed E-state index contributed by atoms with van der Waals surface area (Å²) in [5, 5.41) is 9.12. The Morgan fingerprint density at radius 1 is 1.28 bits per heavy atom. The number of rotatable bonds is 9. The summed E-state index contributed by atoms with van der Waals surface area (Å²) in [5.41, 5.74) is 0.859. The molecule has 1 aromatic carbocycles. The Labute approximate surface area is 152 Å². The Kier molecular flexibility index (Phi) is 6.82. The van der Waals surface area contributed by atoms with Gasteiger partial charge in [0, 0.05) is 20.1 Å². The first kappa shape index (κ1) is 18.8. The molecule has 2 rings (SSSR count). The highest BCUT2D eigenvalue weighted by atomic mass is 32.2. The second-order valence-electron chi connectivity index (χ2n) is 5.23. The molecule has 1 aromatic heterocycles. The van der Waals surface area contributed by atoms with Gasteiger partial charge in [-0.25, -0.2) is 0 Å². The van der Waals surface area contributed by atoms with Crippen molar-refractivity contribution in [3.8, 4) is 17.1 Å². The van der Waals surface area contributed by atoms with Crippen LogP contribution in [0.3, 0.4) is 0 Å². The van der Waals surface area contributed by atoms with Crippen molar-refractivity contribution in [2.24, 2.45) is 7.05 Å². The van der Waals surface area contributed by atoms with Gasteiger partial charge in [0.05, 0.1) is 18.4 Å². The summed E-state index contributed by atoms with van der Waals surface area (Å²) >= 11 is 1.35. The molecule has 0 aliphatic carbocycles. The van der Waals surface area contributed by atoms with E-state index in [1.54, 1.807) is 24.2 Å². The molecule has 0 bridgehead atoms. The number of thioether (sulfide) groups is 1. The smallest absolute Gasteiger partial charge is 0.233 e. The number of carbonyl (C=O) groups excluding carboxylic acids is 1. The molecule has 2 aromatic rings. The van der Waals surface area contributed by atoms with E-state index < -0.39 is 0 Å². The number of hydrogen-bond acceptors (Lipinski definition) is 5. The lowest BCUT2D eigenvalue weighted by atomic mass is 10.2. The SMILES string of the molecule is C=CCN(CC=C)C(=O)CSc1nnc(-c2ccccc2OC)n1C. The fourth-order valence-electron chi connectivity index (χ4n) is 2.31. The van der Waals surface area contributed by atoms with Gasteiger partial charge in [-0.15, -0.1) is 23.4 Å². The van der Waals surface area contributed by atoms with Crippen LogP contribution in [0.25, 0.3) is 11.4 Å². The minimum absolute atomic E-state index is 0.00615. The molecular weight excluding hydrogens is 336 g/mol. The average molecular weight is 358 g/mol. The first-order valence-electron chi connectivity index (χ1n) is 7.77. The molecule has 0 radical (unpaired) electrons. The summed E-state index contributed by atoms with van der Waals surface area (Å²) < 4.78 is 7.24. The van der Waals surface area contributed by atoms with E-state index in [0.717, 1.165) is 11.3 Å². The zero-order valence-electron chi connectivity index (χ0n) is 14.5. The molecule has 0 atom stereocenters. The average Bonchev–Trinajstić information content (AvgIpc) is 3.00. The van der Waals surface area contributed by atoms with E-state index in [1.807, 2.05) is 35.9 Å². The lowest BCUT2D eigenvalue weighted by Gasteiger charge is -2.18. The highest BCUT2D eigenvalue weighted by Gasteiger charge is 2.17. The van der Waals surface area contributed by atoms with Crippen molar-refractivity contribution in [3.05, 3.63) is 49.6 Å². The largest absolute Gasteiger partial charge is 0.496 e. The van der Waals surface area contributed by atoms with Crippen LogP contribution in [0.15, 0.2) is 54.7 Å². The first-order valence-corrected chi connectivity index (χ1v) is 8.76. The highest BCUT2D eigenvalue weighted by molar-refractivity contribution is 7.99. The van der Waals surface area contributed by atoms with E-state index in [4.69, 9.17) is 4.74 Å². The lowest BCUT2D eigenvalue weighted by molar-refractivity contribution is -0.127. The molecule has 0 aliphatic heterocycles. The number of amides is 1. The van der Waals surface area contributed by atoms with Gasteiger partial charge in [0.1, 0.15) is 5.75 Å². The normalized spacial score (nSPS) is 10.3. The van der Waals surface area contributed by atoms with E-state index in [2.05, 4.69) is 23.4 Å². The van der Waals surface area contributed by atoms with Crippen LogP contribution in [0.1, 0.15) is 0 Å². The number of benzene rings is 1. The molecule has 0 unspecified atom stereocenters. The van der Waals surface area contributed by atoms with Gasteiger partial charge in [0.15, 0.2) is 11.0 Å². The van der Waals surface area contributed by atoms with Crippen molar-refractivity contribution in [1.29, 1.82) is 0 Å². The van der Waals surface area contributed by atoms with Gasteiger partial charge in [-0.2, -0.15) is 0 Å². The van der Waals surface area contributed by atoms with E-state index >= 15 is 0 Å². The van der Waals surface area contributed by atoms with Gasteiger partial charge >= 0.3 is 0 Å². The van der Waals surface area contributed by atoms with E-state index in [1.165, 1.54) is 11.8 Å². The van der Waals surface area contributed by atoms with Gasteiger partial charge in [-0.3, -0.25) is 4.79 Å². The Hall–Kier alpha value is -2.54. The van der Waals surface area contributed by atoms with Crippen LogP contribution in [0.5, 0.6) is 5.75 Å². The molecule has 6 nitrogen and oxygen atoms in total. The predicted molar refractivity (Wildman–Crippen MR) is 101 cm³/mol. The summed E-state index contributed by atoms with van der Waals surface area (Å²) in [6.07, 6.45) is 3.41. The summed E-state index contributed by atoms with van der Waals surface area (Å²) in [7, 11) is 3.50. The third-order valence-corrected chi connectivity index (χ3v) is 4.56. The standard InChI is InChI=1S/C18H22N4O2S/c1-5-11-22(12-6-2)16(23)13-25-18-20-19-17(21(18)3)14-9-7-8-10-15(14)24-4/h5-10H,1-2,11-13H2,3-4H3. The van der Waals surface area contributed by atoms with Crippen LogP contribution in [0, 0.1) is 0 Å². The minimum Gasteiger partial charge on any atom is -0.496 e. The number of nitrogens with zero attached hydrogens (tertiary/aromatic N) is 4. The molecule has 0 saturated carbocycles. The van der Waals surface area contributed by atoms with E-state index in [0.29, 0.717) is 24.1 Å². The number of methoxy groups -OCH3 is 1. The van der Waals surface area contributed by atoms with Crippen LogP contribution in [-0.2, 0) is 11.8 Å². The Morgan fingerprint density at radius 2 is 1.96 bits per heavy atom. The van der Waals surface area contributed by atoms with Gasteiger partial charge in [-0.1, -0.05) is 36.0 Å². The number of para-hydroxylation sites is 1. The monoisotopic (exact) mass is 358 g/mol. The maximum Gasteiger partial charge on any atom is 0.233 e. The zero-order chi connectivity index (χ0) is 18.2. The third-order valence-electron chi connectivity index (χ3n) is 3.56. The molecule has 1 amide bonds. The second-order valence-corrected chi connectivity index (χ2v) is 6.17. The fourth-order valence-corrected chi connectivity index (χ4v) is 3.13. The predicted octanol–water partition coefficient (Wildman–Crippen LogP) is 2.78. The summed E-state index contributed by atoms with van der Waals surface area (Å²) in [5.74, 6) is 1.71. The molecule has 25 heavy (non-hydrogen) atoms. The molecular formula is C18H22N4O2S. The van der Waals surface area contributed by atoms with Crippen molar-refractivity contribution < 1.29 is 9.53 Å². The van der Waals surface area contributed by atoms with Crippen LogP contribution in [-0.4, -0.2) is 51.5 Å². The van der Waals surface area contributed by atoms with Gasteiger partial charge in [-0.05, 0) is 12.1 Å². The van der Waals surface area contributed by atoms with Crippen molar-refractivity contribution in [2.45, 2.75) is 5.16 Å². The fraction of sp³-hybridized carbons (Fsp3) is 0.278. The number of carbonyl (C=O) groups is 1. The maximum absolute atomic E-state index is 12.3. The second kappa shape index (κ2) is 9.08. The number of hydrogen-bond donors (Lipinski definition) is 0. The minimum atomic E-state index is 0.00615. The molecule has 0 N–H and O–H groups in total. The van der Waals surface area contributed by atoms with Crippen molar-refractivity contribution in [2.75, 3.05) is 26.0 Å². The number of ether oxygens (including phenoxy) is 1. The Morgan fingerprint density at radius 3 is 2.60 bits per heavy atom.